The topological polar surface area (TPSA) is 132 Å². The lowest BCUT2D eigenvalue weighted by atomic mass is 10.1. The van der Waals surface area contributed by atoms with Crippen LogP contribution in [0.1, 0.15) is 31.9 Å². The van der Waals surface area contributed by atoms with Crippen LogP contribution in [0.15, 0.2) is 77.9 Å². The molecular weight excluding hydrogens is 496 g/mol. The van der Waals surface area contributed by atoms with Crippen LogP contribution >= 0.6 is 0 Å². The summed E-state index contributed by atoms with van der Waals surface area (Å²) in [4.78, 5) is 33.0. The lowest BCUT2D eigenvalue weighted by Crippen LogP contribution is -2.34. The van der Waals surface area contributed by atoms with Gasteiger partial charge in [-0.05, 0) is 50.6 Å². The average molecular weight is 525 g/mol. The number of nitrogens with one attached hydrogen (secondary N) is 1. The summed E-state index contributed by atoms with van der Waals surface area (Å²) in [5.74, 6) is 0.965. The number of nitrogens with zero attached hydrogens (tertiary/aromatic N) is 5. The van der Waals surface area contributed by atoms with E-state index in [0.29, 0.717) is 22.8 Å². The number of hydrogen-bond donors (Lipinski definition) is 1. The zero-order valence-corrected chi connectivity index (χ0v) is 21.9. The number of nitriles is 1. The molecule has 0 fully saturated rings. The van der Waals surface area contributed by atoms with E-state index >= 15 is 0 Å². The van der Waals surface area contributed by atoms with Gasteiger partial charge in [0.15, 0.2) is 11.6 Å². The van der Waals surface area contributed by atoms with Gasteiger partial charge in [-0.2, -0.15) is 10.4 Å². The quantitative estimate of drug-likeness (QED) is 0.339. The Bertz CT molecular complexity index is 1550. The Labute approximate surface area is 225 Å². The van der Waals surface area contributed by atoms with Crippen LogP contribution in [0.25, 0.3) is 22.6 Å². The second-order valence-electron chi connectivity index (χ2n) is 9.63. The van der Waals surface area contributed by atoms with Crippen LogP contribution in [-0.2, 0) is 11.3 Å². The van der Waals surface area contributed by atoms with Gasteiger partial charge >= 0.3 is 6.09 Å². The number of ether oxygens (including phenoxy) is 2. The Morgan fingerprint density at radius 1 is 1.03 bits per heavy atom. The first-order chi connectivity index (χ1) is 18.7. The highest BCUT2D eigenvalue weighted by Gasteiger charge is 2.15. The Kier molecular flexibility index (Phi) is 8.31. The molecule has 1 amide bonds. The number of carbonyl (C=O) groups excluding carboxylic acids is 1. The van der Waals surface area contributed by atoms with Gasteiger partial charge in [-0.25, -0.2) is 19.4 Å². The Balaban J connectivity index is 1.40. The predicted octanol–water partition coefficient (Wildman–Crippen LogP) is 4.19. The van der Waals surface area contributed by atoms with Crippen molar-refractivity contribution in [2.45, 2.75) is 32.9 Å². The van der Waals surface area contributed by atoms with E-state index in [1.165, 1.54) is 10.7 Å². The van der Waals surface area contributed by atoms with Crippen LogP contribution in [0, 0.1) is 11.3 Å². The molecule has 0 spiro atoms. The molecule has 2 aromatic carbocycles. The summed E-state index contributed by atoms with van der Waals surface area (Å²) in [7, 11) is 0. The molecule has 10 nitrogen and oxygen atoms in total. The first-order valence-electron chi connectivity index (χ1n) is 12.3. The Morgan fingerprint density at radius 2 is 1.77 bits per heavy atom. The molecule has 0 unspecified atom stereocenters. The van der Waals surface area contributed by atoms with Crippen LogP contribution in [0.2, 0.25) is 0 Å². The molecule has 0 aliphatic heterocycles. The van der Waals surface area contributed by atoms with E-state index in [0.717, 1.165) is 16.7 Å². The van der Waals surface area contributed by atoms with Crippen molar-refractivity contribution in [1.82, 2.24) is 25.1 Å². The van der Waals surface area contributed by atoms with Crippen LogP contribution in [0.5, 0.6) is 5.75 Å². The molecule has 39 heavy (non-hydrogen) atoms. The standard InChI is InChI=1S/C29H28N6O4/c1-29(2,3)39-28(37)31-12-13-38-24-17-32-27(33-18-24)23-9-5-7-21(15-23)19-35-26(36)11-10-25(34-35)22-8-4-6-20(14-22)16-30/h4-11,14-15,17-18H,12-13,19H2,1-3H3,(H,31,37). The van der Waals surface area contributed by atoms with Crippen LogP contribution < -0.4 is 15.6 Å². The van der Waals surface area contributed by atoms with Gasteiger partial charge in [0.25, 0.3) is 5.56 Å². The lowest BCUT2D eigenvalue weighted by molar-refractivity contribution is 0.0520. The highest BCUT2D eigenvalue weighted by molar-refractivity contribution is 5.67. The Hall–Kier alpha value is -5.04. The molecule has 1 N–H and O–H groups in total. The molecular formula is C29H28N6O4. The smallest absolute Gasteiger partial charge is 0.407 e. The fraction of sp³-hybridized carbons (Fsp3) is 0.241. The number of rotatable bonds is 8. The van der Waals surface area contributed by atoms with E-state index in [1.807, 2.05) is 30.3 Å². The van der Waals surface area contributed by atoms with E-state index in [-0.39, 0.29) is 25.3 Å². The van der Waals surface area contributed by atoms with E-state index in [2.05, 4.69) is 26.5 Å². The maximum Gasteiger partial charge on any atom is 0.407 e. The summed E-state index contributed by atoms with van der Waals surface area (Å²) in [5, 5.41) is 16.3. The van der Waals surface area contributed by atoms with E-state index in [4.69, 9.17) is 9.47 Å². The predicted molar refractivity (Wildman–Crippen MR) is 145 cm³/mol. The molecule has 0 bridgehead atoms. The molecule has 198 valence electrons. The van der Waals surface area contributed by atoms with Gasteiger partial charge in [0, 0.05) is 17.2 Å². The van der Waals surface area contributed by atoms with Crippen molar-refractivity contribution in [2.24, 2.45) is 0 Å². The number of alkyl carbamates (subject to hydrolysis) is 1. The monoisotopic (exact) mass is 524 g/mol. The number of hydrogen-bond acceptors (Lipinski definition) is 8. The minimum absolute atomic E-state index is 0.235. The van der Waals surface area contributed by atoms with Crippen molar-refractivity contribution in [3.8, 4) is 34.5 Å². The van der Waals surface area contributed by atoms with Gasteiger partial charge in [0.1, 0.15) is 12.2 Å². The minimum atomic E-state index is -0.562. The van der Waals surface area contributed by atoms with Crippen molar-refractivity contribution in [2.75, 3.05) is 13.2 Å². The zero-order chi connectivity index (χ0) is 27.8. The fourth-order valence-corrected chi connectivity index (χ4v) is 3.62. The molecule has 4 rings (SSSR count). The van der Waals surface area contributed by atoms with Crippen LogP contribution in [-0.4, -0.2) is 44.6 Å². The van der Waals surface area contributed by atoms with Crippen molar-refractivity contribution in [3.63, 3.8) is 0 Å². The minimum Gasteiger partial charge on any atom is -0.489 e. The molecule has 0 saturated carbocycles. The molecule has 10 heteroatoms. The van der Waals surface area contributed by atoms with Crippen molar-refractivity contribution >= 4 is 6.09 Å². The summed E-state index contributed by atoms with van der Waals surface area (Å²) in [6.07, 6.45) is 2.62. The molecule has 0 aliphatic carbocycles. The first kappa shape index (κ1) is 27.0. The maximum atomic E-state index is 12.5. The van der Waals surface area contributed by atoms with Crippen molar-refractivity contribution < 1.29 is 14.3 Å². The van der Waals surface area contributed by atoms with Crippen molar-refractivity contribution in [3.05, 3.63) is 94.5 Å². The zero-order valence-electron chi connectivity index (χ0n) is 21.9. The van der Waals surface area contributed by atoms with Crippen LogP contribution in [0.3, 0.4) is 0 Å². The average Bonchev–Trinajstić information content (AvgIpc) is 2.92. The molecule has 0 aliphatic rings. The number of benzene rings is 2. The third-order valence-electron chi connectivity index (χ3n) is 5.34. The lowest BCUT2D eigenvalue weighted by Gasteiger charge is -2.19. The molecule has 2 heterocycles. The van der Waals surface area contributed by atoms with Gasteiger partial charge in [0.2, 0.25) is 0 Å². The normalized spacial score (nSPS) is 10.9. The van der Waals surface area contributed by atoms with Gasteiger partial charge in [0.05, 0.1) is 42.8 Å². The van der Waals surface area contributed by atoms with E-state index in [9.17, 15) is 14.9 Å². The summed E-state index contributed by atoms with van der Waals surface area (Å²) < 4.78 is 12.2. The molecule has 4 aromatic rings. The summed E-state index contributed by atoms with van der Waals surface area (Å²) in [5.41, 5.74) is 2.70. The fourth-order valence-electron chi connectivity index (χ4n) is 3.62. The number of aromatic nitrogens is 4. The maximum absolute atomic E-state index is 12.5. The Morgan fingerprint density at radius 3 is 2.51 bits per heavy atom. The summed E-state index contributed by atoms with van der Waals surface area (Å²) in [6, 6.07) is 19.9. The third kappa shape index (κ3) is 7.72. The van der Waals surface area contributed by atoms with Crippen molar-refractivity contribution in [1.29, 1.82) is 5.26 Å². The van der Waals surface area contributed by atoms with Gasteiger partial charge in [-0.1, -0.05) is 30.3 Å². The molecule has 0 atom stereocenters. The van der Waals surface area contributed by atoms with Gasteiger partial charge < -0.3 is 14.8 Å². The molecule has 0 radical (unpaired) electrons. The number of carbonyl (C=O) groups is 1. The highest BCUT2D eigenvalue weighted by Crippen LogP contribution is 2.20. The second kappa shape index (κ2) is 12.0. The van der Waals surface area contributed by atoms with Gasteiger partial charge in [-0.15, -0.1) is 0 Å². The first-order valence-corrected chi connectivity index (χ1v) is 12.3. The summed E-state index contributed by atoms with van der Waals surface area (Å²) in [6.45, 7) is 6.15. The molecule has 2 aromatic heterocycles. The van der Waals surface area contributed by atoms with E-state index in [1.54, 1.807) is 57.4 Å². The summed E-state index contributed by atoms with van der Waals surface area (Å²) >= 11 is 0. The largest absolute Gasteiger partial charge is 0.489 e. The molecule has 0 saturated heterocycles. The third-order valence-corrected chi connectivity index (χ3v) is 5.34. The number of amides is 1. The van der Waals surface area contributed by atoms with E-state index < -0.39 is 11.7 Å². The van der Waals surface area contributed by atoms with Crippen LogP contribution in [0.4, 0.5) is 4.79 Å². The highest BCUT2D eigenvalue weighted by atomic mass is 16.6. The SMILES string of the molecule is CC(C)(C)OC(=O)NCCOc1cnc(-c2cccc(Cn3nc(-c4cccc(C#N)c4)ccc3=O)c2)nc1. The van der Waals surface area contributed by atoms with Gasteiger partial charge in [-0.3, -0.25) is 4.79 Å². The second-order valence-corrected chi connectivity index (χ2v) is 9.63.